The molecule has 1 aromatic rings. The molecule has 88 valence electrons. The summed E-state index contributed by atoms with van der Waals surface area (Å²) < 4.78 is 5.58. The lowest BCUT2D eigenvalue weighted by atomic mass is 10.2. The van der Waals surface area contributed by atoms with Gasteiger partial charge in [-0.2, -0.15) is 0 Å². The zero-order valence-electron chi connectivity index (χ0n) is 10.4. The average Bonchev–Trinajstić information content (AvgIpc) is 2.26. The highest BCUT2D eigenvalue weighted by atomic mass is 16.5. The summed E-state index contributed by atoms with van der Waals surface area (Å²) in [7, 11) is 1.96. The third-order valence-corrected chi connectivity index (χ3v) is 2.12. The molecule has 0 bridgehead atoms. The molecule has 0 saturated heterocycles. The van der Waals surface area contributed by atoms with Crippen LogP contribution in [0.3, 0.4) is 0 Å². The van der Waals surface area contributed by atoms with Crippen LogP contribution < -0.4 is 10.1 Å². The number of ether oxygens (including phenoxy) is 1. The van der Waals surface area contributed by atoms with Gasteiger partial charge in [-0.3, -0.25) is 0 Å². The summed E-state index contributed by atoms with van der Waals surface area (Å²) in [6, 6.07) is 8.18. The number of hydrogen-bond acceptors (Lipinski definition) is 2. The molecule has 0 unspecified atom stereocenters. The van der Waals surface area contributed by atoms with E-state index in [0.717, 1.165) is 18.7 Å². The van der Waals surface area contributed by atoms with Crippen LogP contribution in [0.1, 0.15) is 25.8 Å². The van der Waals surface area contributed by atoms with E-state index in [1.165, 1.54) is 5.56 Å². The first-order valence-corrected chi connectivity index (χ1v) is 5.80. The standard InChI is InChI=1S/C14H21NO/c1-12(2)16-14-9-7-13(8-10-14)6-4-5-11-15-3/h4,6-10,12,15H,5,11H2,1-3H3. The van der Waals surface area contributed by atoms with Crippen LogP contribution in [0, 0.1) is 0 Å². The van der Waals surface area contributed by atoms with E-state index in [9.17, 15) is 0 Å². The third kappa shape index (κ3) is 4.99. The lowest BCUT2D eigenvalue weighted by Crippen LogP contribution is -2.05. The van der Waals surface area contributed by atoms with Crippen molar-refractivity contribution in [3.8, 4) is 5.75 Å². The van der Waals surface area contributed by atoms with Crippen molar-refractivity contribution in [3.05, 3.63) is 35.9 Å². The maximum Gasteiger partial charge on any atom is 0.119 e. The van der Waals surface area contributed by atoms with E-state index >= 15 is 0 Å². The molecule has 0 fully saturated rings. The Morgan fingerprint density at radius 2 is 1.94 bits per heavy atom. The van der Waals surface area contributed by atoms with Crippen LogP contribution in [0.25, 0.3) is 6.08 Å². The number of nitrogens with one attached hydrogen (secondary N) is 1. The fourth-order valence-electron chi connectivity index (χ4n) is 1.38. The van der Waals surface area contributed by atoms with Crippen LogP contribution in [0.15, 0.2) is 30.3 Å². The van der Waals surface area contributed by atoms with Crippen LogP contribution in [-0.2, 0) is 0 Å². The normalized spacial score (nSPS) is 11.2. The maximum absolute atomic E-state index is 5.58. The summed E-state index contributed by atoms with van der Waals surface area (Å²) in [6.07, 6.45) is 5.60. The summed E-state index contributed by atoms with van der Waals surface area (Å²) in [5.41, 5.74) is 1.22. The maximum atomic E-state index is 5.58. The molecule has 0 aliphatic heterocycles. The topological polar surface area (TPSA) is 21.3 Å². The van der Waals surface area contributed by atoms with Crippen molar-refractivity contribution in [2.75, 3.05) is 13.6 Å². The zero-order chi connectivity index (χ0) is 11.8. The van der Waals surface area contributed by atoms with Gasteiger partial charge in [-0.1, -0.05) is 24.3 Å². The van der Waals surface area contributed by atoms with Gasteiger partial charge in [-0.05, 0) is 51.6 Å². The Morgan fingerprint density at radius 1 is 1.25 bits per heavy atom. The number of benzene rings is 1. The lowest BCUT2D eigenvalue weighted by Gasteiger charge is -2.09. The second-order valence-electron chi connectivity index (χ2n) is 4.03. The van der Waals surface area contributed by atoms with E-state index in [0.29, 0.717) is 0 Å². The van der Waals surface area contributed by atoms with Crippen LogP contribution in [0.2, 0.25) is 0 Å². The SMILES string of the molecule is CNCCC=Cc1ccc(OC(C)C)cc1. The van der Waals surface area contributed by atoms with E-state index in [4.69, 9.17) is 4.74 Å². The molecule has 1 N–H and O–H groups in total. The van der Waals surface area contributed by atoms with Gasteiger partial charge in [-0.15, -0.1) is 0 Å². The Bertz CT molecular complexity index is 314. The van der Waals surface area contributed by atoms with Crippen molar-refractivity contribution >= 4 is 6.08 Å². The minimum absolute atomic E-state index is 0.233. The molecule has 0 aromatic heterocycles. The monoisotopic (exact) mass is 219 g/mol. The highest BCUT2D eigenvalue weighted by Crippen LogP contribution is 2.14. The van der Waals surface area contributed by atoms with Crippen molar-refractivity contribution in [2.45, 2.75) is 26.4 Å². The van der Waals surface area contributed by atoms with Crippen molar-refractivity contribution in [1.29, 1.82) is 0 Å². The quantitative estimate of drug-likeness (QED) is 0.742. The molecule has 0 heterocycles. The summed E-state index contributed by atoms with van der Waals surface area (Å²) >= 11 is 0. The third-order valence-electron chi connectivity index (χ3n) is 2.12. The van der Waals surface area contributed by atoms with Gasteiger partial charge in [0, 0.05) is 0 Å². The van der Waals surface area contributed by atoms with E-state index in [1.54, 1.807) is 0 Å². The van der Waals surface area contributed by atoms with Gasteiger partial charge in [0.15, 0.2) is 0 Å². The molecular formula is C14H21NO. The highest BCUT2D eigenvalue weighted by Gasteiger charge is 1.95. The lowest BCUT2D eigenvalue weighted by molar-refractivity contribution is 0.242. The minimum atomic E-state index is 0.233. The van der Waals surface area contributed by atoms with Crippen LogP contribution >= 0.6 is 0 Å². The fourth-order valence-corrected chi connectivity index (χ4v) is 1.38. The minimum Gasteiger partial charge on any atom is -0.491 e. The molecule has 2 nitrogen and oxygen atoms in total. The Kier molecular flexibility index (Phi) is 5.65. The Balaban J connectivity index is 2.47. The van der Waals surface area contributed by atoms with Gasteiger partial charge < -0.3 is 10.1 Å². The summed E-state index contributed by atoms with van der Waals surface area (Å²) in [6.45, 7) is 5.09. The van der Waals surface area contributed by atoms with E-state index in [-0.39, 0.29) is 6.10 Å². The molecular weight excluding hydrogens is 198 g/mol. The summed E-state index contributed by atoms with van der Waals surface area (Å²) in [5, 5.41) is 3.11. The molecule has 0 atom stereocenters. The highest BCUT2D eigenvalue weighted by molar-refractivity contribution is 5.50. The summed E-state index contributed by atoms with van der Waals surface area (Å²) in [4.78, 5) is 0. The van der Waals surface area contributed by atoms with Gasteiger partial charge >= 0.3 is 0 Å². The Morgan fingerprint density at radius 3 is 2.50 bits per heavy atom. The zero-order valence-corrected chi connectivity index (χ0v) is 10.4. The van der Waals surface area contributed by atoms with E-state index in [1.807, 2.05) is 33.0 Å². The van der Waals surface area contributed by atoms with Gasteiger partial charge in [0.25, 0.3) is 0 Å². The predicted molar refractivity (Wildman–Crippen MR) is 69.8 cm³/mol. The van der Waals surface area contributed by atoms with Crippen LogP contribution in [0.4, 0.5) is 0 Å². The molecule has 2 heteroatoms. The molecule has 0 spiro atoms. The molecule has 0 amide bonds. The fraction of sp³-hybridized carbons (Fsp3) is 0.429. The smallest absolute Gasteiger partial charge is 0.119 e. The van der Waals surface area contributed by atoms with Crippen molar-refractivity contribution < 1.29 is 4.74 Å². The molecule has 0 saturated carbocycles. The number of rotatable bonds is 6. The molecule has 1 aromatic carbocycles. The van der Waals surface area contributed by atoms with Gasteiger partial charge in [0.1, 0.15) is 5.75 Å². The Labute approximate surface area is 98.3 Å². The van der Waals surface area contributed by atoms with Crippen LogP contribution in [-0.4, -0.2) is 19.7 Å². The van der Waals surface area contributed by atoms with Crippen molar-refractivity contribution in [3.63, 3.8) is 0 Å². The number of hydrogen-bond donors (Lipinski definition) is 1. The molecule has 0 aliphatic rings. The Hall–Kier alpha value is -1.28. The van der Waals surface area contributed by atoms with Crippen molar-refractivity contribution in [1.82, 2.24) is 5.32 Å². The molecule has 0 aliphatic carbocycles. The van der Waals surface area contributed by atoms with Gasteiger partial charge in [0.05, 0.1) is 6.10 Å². The van der Waals surface area contributed by atoms with E-state index < -0.39 is 0 Å². The molecule has 1 rings (SSSR count). The molecule has 16 heavy (non-hydrogen) atoms. The van der Waals surface area contributed by atoms with E-state index in [2.05, 4.69) is 29.6 Å². The van der Waals surface area contributed by atoms with Crippen molar-refractivity contribution in [2.24, 2.45) is 0 Å². The van der Waals surface area contributed by atoms with Crippen LogP contribution in [0.5, 0.6) is 5.75 Å². The summed E-state index contributed by atoms with van der Waals surface area (Å²) in [5.74, 6) is 0.933. The first-order valence-electron chi connectivity index (χ1n) is 5.80. The second kappa shape index (κ2) is 7.07. The van der Waals surface area contributed by atoms with Gasteiger partial charge in [-0.25, -0.2) is 0 Å². The second-order valence-corrected chi connectivity index (χ2v) is 4.03. The average molecular weight is 219 g/mol. The first-order chi connectivity index (χ1) is 7.72. The van der Waals surface area contributed by atoms with Gasteiger partial charge in [0.2, 0.25) is 0 Å². The predicted octanol–water partition coefficient (Wildman–Crippen LogP) is 3.10. The largest absolute Gasteiger partial charge is 0.491 e. The first kappa shape index (κ1) is 12.8. The molecule has 0 radical (unpaired) electrons.